The Morgan fingerprint density at radius 2 is 2.17 bits per heavy atom. The number of amides is 2. The molecule has 0 aliphatic carbocycles. The smallest absolute Gasteiger partial charge is 0.308 e. The number of nitrogens with one attached hydrogen (secondary N) is 2. The van der Waals surface area contributed by atoms with E-state index < -0.39 is 11.9 Å². The monoisotopic (exact) mass is 334 g/mol. The van der Waals surface area contributed by atoms with E-state index in [2.05, 4.69) is 10.6 Å². The molecule has 0 saturated carbocycles. The fourth-order valence-electron chi connectivity index (χ4n) is 2.31. The van der Waals surface area contributed by atoms with Crippen molar-refractivity contribution in [2.45, 2.75) is 32.6 Å². The van der Waals surface area contributed by atoms with Crippen molar-refractivity contribution >= 4 is 23.5 Å². The van der Waals surface area contributed by atoms with Gasteiger partial charge >= 0.3 is 5.97 Å². The van der Waals surface area contributed by atoms with Gasteiger partial charge in [0.05, 0.1) is 12.5 Å². The largest absolute Gasteiger partial charge is 0.494 e. The summed E-state index contributed by atoms with van der Waals surface area (Å²) in [7, 11) is 0. The molecule has 1 aromatic rings. The van der Waals surface area contributed by atoms with E-state index in [-0.39, 0.29) is 24.8 Å². The predicted octanol–water partition coefficient (Wildman–Crippen LogP) is 1.57. The van der Waals surface area contributed by atoms with Crippen molar-refractivity contribution in [1.29, 1.82) is 0 Å². The van der Waals surface area contributed by atoms with Crippen LogP contribution >= 0.6 is 0 Å². The van der Waals surface area contributed by atoms with Gasteiger partial charge in [-0.3, -0.25) is 14.4 Å². The number of anilines is 1. The molecule has 0 aromatic heterocycles. The van der Waals surface area contributed by atoms with Crippen LogP contribution in [0, 0.1) is 5.92 Å². The number of carbonyl (C=O) groups excluding carboxylic acids is 2. The van der Waals surface area contributed by atoms with Crippen molar-refractivity contribution in [2.75, 3.05) is 18.5 Å². The van der Waals surface area contributed by atoms with Gasteiger partial charge in [-0.05, 0) is 36.6 Å². The zero-order chi connectivity index (χ0) is 17.5. The highest BCUT2D eigenvalue weighted by molar-refractivity contribution is 5.94. The van der Waals surface area contributed by atoms with Crippen LogP contribution in [0.5, 0.6) is 5.75 Å². The Kier molecular flexibility index (Phi) is 6.17. The molecule has 130 valence electrons. The van der Waals surface area contributed by atoms with E-state index in [1.54, 1.807) is 13.0 Å². The summed E-state index contributed by atoms with van der Waals surface area (Å²) in [6.07, 6.45) is 2.00. The average molecular weight is 334 g/mol. The Labute approximate surface area is 140 Å². The van der Waals surface area contributed by atoms with E-state index in [1.165, 1.54) is 0 Å². The third kappa shape index (κ3) is 5.26. The van der Waals surface area contributed by atoms with Gasteiger partial charge in [-0.25, -0.2) is 0 Å². The fraction of sp³-hybridized carbons (Fsp3) is 0.471. The highest BCUT2D eigenvalue weighted by Crippen LogP contribution is 2.26. The number of carbonyl (C=O) groups is 3. The standard InChI is InChI=1S/C17H22N2O5/c1-11(17(22)23)10-18-15(20)3-2-8-24-13-5-6-14-12(9-13)4-7-16(21)19-14/h5-6,9,11H,2-4,7-8,10H2,1H3,(H,18,20)(H,19,21)(H,22,23). The summed E-state index contributed by atoms with van der Waals surface area (Å²) in [5.41, 5.74) is 1.87. The molecule has 1 aromatic carbocycles. The van der Waals surface area contributed by atoms with Crippen LogP contribution in [0.15, 0.2) is 18.2 Å². The lowest BCUT2D eigenvalue weighted by molar-refractivity contribution is -0.141. The van der Waals surface area contributed by atoms with Crippen molar-refractivity contribution < 1.29 is 24.2 Å². The lowest BCUT2D eigenvalue weighted by atomic mass is 10.0. The van der Waals surface area contributed by atoms with Crippen molar-refractivity contribution in [3.8, 4) is 5.75 Å². The molecule has 1 atom stereocenters. The number of aliphatic carboxylic acids is 1. The van der Waals surface area contributed by atoms with Gasteiger partial charge in [0.1, 0.15) is 5.75 Å². The lowest BCUT2D eigenvalue weighted by Crippen LogP contribution is -2.31. The third-order valence-corrected chi connectivity index (χ3v) is 3.82. The molecule has 0 saturated heterocycles. The Morgan fingerprint density at radius 1 is 1.38 bits per heavy atom. The average Bonchev–Trinajstić information content (AvgIpc) is 2.56. The SMILES string of the molecule is CC(CNC(=O)CCCOc1ccc2c(c1)CCC(=O)N2)C(=O)O. The molecule has 1 aliphatic rings. The van der Waals surface area contributed by atoms with Crippen LogP contribution in [-0.4, -0.2) is 36.0 Å². The van der Waals surface area contributed by atoms with Crippen molar-refractivity contribution in [1.82, 2.24) is 5.32 Å². The van der Waals surface area contributed by atoms with Crippen LogP contribution < -0.4 is 15.4 Å². The molecule has 1 heterocycles. The summed E-state index contributed by atoms with van der Waals surface area (Å²) in [4.78, 5) is 33.6. The van der Waals surface area contributed by atoms with E-state index in [9.17, 15) is 14.4 Å². The van der Waals surface area contributed by atoms with E-state index >= 15 is 0 Å². The highest BCUT2D eigenvalue weighted by Gasteiger charge is 2.15. The highest BCUT2D eigenvalue weighted by atomic mass is 16.5. The number of fused-ring (bicyclic) bond motifs is 1. The number of aryl methyl sites for hydroxylation is 1. The summed E-state index contributed by atoms with van der Waals surface area (Å²) >= 11 is 0. The molecule has 1 unspecified atom stereocenters. The number of benzene rings is 1. The second-order valence-electron chi connectivity index (χ2n) is 5.86. The number of hydrogen-bond acceptors (Lipinski definition) is 4. The molecule has 2 amide bonds. The van der Waals surface area contributed by atoms with Crippen LogP contribution in [0.4, 0.5) is 5.69 Å². The van der Waals surface area contributed by atoms with Gasteiger partial charge in [0.2, 0.25) is 11.8 Å². The molecule has 2 rings (SSSR count). The lowest BCUT2D eigenvalue weighted by Gasteiger charge is -2.17. The minimum atomic E-state index is -0.928. The van der Waals surface area contributed by atoms with E-state index in [1.807, 2.05) is 12.1 Å². The second kappa shape index (κ2) is 8.33. The zero-order valence-corrected chi connectivity index (χ0v) is 13.6. The minimum absolute atomic E-state index is 0.0272. The molecule has 1 aliphatic heterocycles. The van der Waals surface area contributed by atoms with Gasteiger partial charge in [-0.15, -0.1) is 0 Å². The Morgan fingerprint density at radius 3 is 2.92 bits per heavy atom. The Balaban J connectivity index is 1.68. The number of rotatable bonds is 8. The second-order valence-corrected chi connectivity index (χ2v) is 5.86. The first kappa shape index (κ1) is 17.8. The molecule has 0 fully saturated rings. The first-order valence-electron chi connectivity index (χ1n) is 8.01. The fourth-order valence-corrected chi connectivity index (χ4v) is 2.31. The van der Waals surface area contributed by atoms with E-state index in [4.69, 9.17) is 9.84 Å². The molecule has 0 bridgehead atoms. The first-order valence-corrected chi connectivity index (χ1v) is 8.01. The molecule has 3 N–H and O–H groups in total. The van der Waals surface area contributed by atoms with Crippen LogP contribution in [-0.2, 0) is 20.8 Å². The first-order chi connectivity index (χ1) is 11.5. The quantitative estimate of drug-likeness (QED) is 0.626. The maximum Gasteiger partial charge on any atom is 0.308 e. The Hall–Kier alpha value is -2.57. The van der Waals surface area contributed by atoms with Crippen molar-refractivity contribution in [3.63, 3.8) is 0 Å². The number of hydrogen-bond donors (Lipinski definition) is 3. The minimum Gasteiger partial charge on any atom is -0.494 e. The number of ether oxygens (including phenoxy) is 1. The van der Waals surface area contributed by atoms with Crippen molar-refractivity contribution in [2.24, 2.45) is 5.92 Å². The van der Waals surface area contributed by atoms with Gasteiger partial charge < -0.3 is 20.5 Å². The third-order valence-electron chi connectivity index (χ3n) is 3.82. The molecule has 7 heteroatoms. The van der Waals surface area contributed by atoms with Gasteiger partial charge in [0, 0.05) is 25.1 Å². The van der Waals surface area contributed by atoms with E-state index in [0.29, 0.717) is 31.6 Å². The molecular weight excluding hydrogens is 312 g/mol. The predicted molar refractivity (Wildman–Crippen MR) is 87.9 cm³/mol. The molecule has 0 spiro atoms. The topological polar surface area (TPSA) is 105 Å². The van der Waals surface area contributed by atoms with Gasteiger partial charge in [0.25, 0.3) is 0 Å². The molecule has 7 nitrogen and oxygen atoms in total. The summed E-state index contributed by atoms with van der Waals surface area (Å²) < 4.78 is 5.63. The van der Waals surface area contributed by atoms with Crippen LogP contribution in [0.1, 0.15) is 31.7 Å². The maximum atomic E-state index is 11.6. The maximum absolute atomic E-state index is 11.6. The van der Waals surface area contributed by atoms with Crippen LogP contribution in [0.2, 0.25) is 0 Å². The van der Waals surface area contributed by atoms with Crippen molar-refractivity contribution in [3.05, 3.63) is 23.8 Å². The summed E-state index contributed by atoms with van der Waals surface area (Å²) in [5.74, 6) is -0.965. The molecular formula is C17H22N2O5. The van der Waals surface area contributed by atoms with Gasteiger partial charge in [0.15, 0.2) is 0 Å². The number of carboxylic acid groups (broad SMARTS) is 1. The normalized spacial score (nSPS) is 14.3. The van der Waals surface area contributed by atoms with Gasteiger partial charge in [-0.2, -0.15) is 0 Å². The summed E-state index contributed by atoms with van der Waals surface area (Å²) in [6, 6.07) is 5.52. The molecule has 0 radical (unpaired) electrons. The Bertz CT molecular complexity index is 629. The summed E-state index contributed by atoms with van der Waals surface area (Å²) in [5, 5.41) is 14.1. The van der Waals surface area contributed by atoms with E-state index in [0.717, 1.165) is 11.3 Å². The van der Waals surface area contributed by atoms with Crippen LogP contribution in [0.25, 0.3) is 0 Å². The summed E-state index contributed by atoms with van der Waals surface area (Å²) in [6.45, 7) is 2.07. The zero-order valence-electron chi connectivity index (χ0n) is 13.6. The molecule has 24 heavy (non-hydrogen) atoms. The number of carboxylic acids is 1. The van der Waals surface area contributed by atoms with Gasteiger partial charge in [-0.1, -0.05) is 6.92 Å². The van der Waals surface area contributed by atoms with Crippen LogP contribution in [0.3, 0.4) is 0 Å².